The lowest BCUT2D eigenvalue weighted by Gasteiger charge is -2.28. The minimum absolute atomic E-state index is 0.123. The Morgan fingerprint density at radius 1 is 1.00 bits per heavy atom. The van der Waals surface area contributed by atoms with E-state index in [4.69, 9.17) is 14.2 Å². The van der Waals surface area contributed by atoms with Crippen LogP contribution >= 0.6 is 0 Å². The van der Waals surface area contributed by atoms with Crippen molar-refractivity contribution in [3.05, 3.63) is 52.1 Å². The molecule has 2 aliphatic heterocycles. The number of nitro benzene ring substituents is 1. The highest BCUT2D eigenvalue weighted by atomic mass is 16.6. The van der Waals surface area contributed by atoms with Crippen molar-refractivity contribution >= 4 is 17.1 Å². The maximum absolute atomic E-state index is 11.5. The summed E-state index contributed by atoms with van der Waals surface area (Å²) in [6.45, 7) is 4.06. The largest absolute Gasteiger partial charge is 0.486 e. The van der Waals surface area contributed by atoms with Crippen LogP contribution in [0.1, 0.15) is 5.56 Å². The number of nitro groups is 1. The number of nitrogens with one attached hydrogen (secondary N) is 1. The van der Waals surface area contributed by atoms with E-state index in [1.165, 1.54) is 0 Å². The zero-order valence-electron chi connectivity index (χ0n) is 14.8. The van der Waals surface area contributed by atoms with Crippen LogP contribution in [0.3, 0.4) is 0 Å². The van der Waals surface area contributed by atoms with Crippen molar-refractivity contribution in [1.29, 1.82) is 0 Å². The predicted molar refractivity (Wildman–Crippen MR) is 101 cm³/mol. The molecule has 2 aromatic rings. The topological polar surface area (TPSA) is 86.1 Å². The second-order valence-corrected chi connectivity index (χ2v) is 6.39. The number of anilines is 2. The van der Waals surface area contributed by atoms with Crippen molar-refractivity contribution in [3.8, 4) is 11.5 Å². The molecule has 8 heteroatoms. The molecule has 0 saturated carbocycles. The van der Waals surface area contributed by atoms with Gasteiger partial charge in [0.1, 0.15) is 18.9 Å². The van der Waals surface area contributed by atoms with Crippen LogP contribution in [-0.4, -0.2) is 44.4 Å². The third-order valence-corrected chi connectivity index (χ3v) is 4.63. The molecule has 1 N–H and O–H groups in total. The monoisotopic (exact) mass is 371 g/mol. The van der Waals surface area contributed by atoms with Crippen molar-refractivity contribution in [2.45, 2.75) is 6.54 Å². The Hall–Kier alpha value is -3.00. The molecule has 142 valence electrons. The molecule has 0 radical (unpaired) electrons. The number of hydrogen-bond donors (Lipinski definition) is 1. The van der Waals surface area contributed by atoms with Crippen LogP contribution in [-0.2, 0) is 11.3 Å². The Kier molecular flexibility index (Phi) is 4.97. The first kappa shape index (κ1) is 17.4. The highest BCUT2D eigenvalue weighted by Gasteiger charge is 2.22. The van der Waals surface area contributed by atoms with Crippen LogP contribution in [0.25, 0.3) is 0 Å². The molecule has 0 aliphatic carbocycles. The van der Waals surface area contributed by atoms with Crippen molar-refractivity contribution in [3.63, 3.8) is 0 Å². The quantitative estimate of drug-likeness (QED) is 0.639. The van der Waals surface area contributed by atoms with E-state index in [9.17, 15) is 10.1 Å². The van der Waals surface area contributed by atoms with Gasteiger partial charge in [0, 0.05) is 37.5 Å². The smallest absolute Gasteiger partial charge is 0.292 e. The molecule has 0 unspecified atom stereocenters. The molecule has 0 atom stereocenters. The van der Waals surface area contributed by atoms with Gasteiger partial charge in [-0.2, -0.15) is 0 Å². The lowest BCUT2D eigenvalue weighted by molar-refractivity contribution is -0.384. The average Bonchev–Trinajstić information content (AvgIpc) is 2.72. The molecule has 2 aromatic carbocycles. The summed E-state index contributed by atoms with van der Waals surface area (Å²) in [4.78, 5) is 13.2. The Morgan fingerprint density at radius 3 is 2.56 bits per heavy atom. The fourth-order valence-corrected chi connectivity index (χ4v) is 3.25. The summed E-state index contributed by atoms with van der Waals surface area (Å²) < 4.78 is 16.4. The summed E-state index contributed by atoms with van der Waals surface area (Å²) in [7, 11) is 0. The minimum atomic E-state index is -0.321. The lowest BCUT2D eigenvalue weighted by atomic mass is 10.1. The summed E-state index contributed by atoms with van der Waals surface area (Å²) in [5, 5.41) is 14.8. The van der Waals surface area contributed by atoms with Gasteiger partial charge in [-0.25, -0.2) is 0 Å². The normalized spacial score (nSPS) is 16.1. The van der Waals surface area contributed by atoms with Gasteiger partial charge >= 0.3 is 0 Å². The van der Waals surface area contributed by atoms with E-state index < -0.39 is 0 Å². The van der Waals surface area contributed by atoms with Gasteiger partial charge in [-0.1, -0.05) is 6.07 Å². The summed E-state index contributed by atoms with van der Waals surface area (Å²) in [6.07, 6.45) is 0. The third kappa shape index (κ3) is 3.90. The predicted octanol–water partition coefficient (Wildman–Crippen LogP) is 2.81. The van der Waals surface area contributed by atoms with E-state index in [2.05, 4.69) is 5.32 Å². The third-order valence-electron chi connectivity index (χ3n) is 4.63. The molecule has 0 spiro atoms. The van der Waals surface area contributed by atoms with Crippen molar-refractivity contribution in [2.75, 3.05) is 49.7 Å². The van der Waals surface area contributed by atoms with Gasteiger partial charge in [-0.05, 0) is 23.8 Å². The van der Waals surface area contributed by atoms with Crippen molar-refractivity contribution < 1.29 is 19.1 Å². The second kappa shape index (κ2) is 7.71. The first-order chi connectivity index (χ1) is 13.2. The second-order valence-electron chi connectivity index (χ2n) is 6.39. The summed E-state index contributed by atoms with van der Waals surface area (Å²) >= 11 is 0. The lowest BCUT2D eigenvalue weighted by Crippen LogP contribution is -2.36. The maximum atomic E-state index is 11.5. The molecular weight excluding hydrogens is 350 g/mol. The summed E-state index contributed by atoms with van der Waals surface area (Å²) in [5.41, 5.74) is 2.48. The number of hydrogen-bond acceptors (Lipinski definition) is 7. The Bertz CT molecular complexity index is 836. The van der Waals surface area contributed by atoms with E-state index >= 15 is 0 Å². The van der Waals surface area contributed by atoms with E-state index in [1.54, 1.807) is 6.07 Å². The van der Waals surface area contributed by atoms with Gasteiger partial charge < -0.3 is 24.4 Å². The zero-order chi connectivity index (χ0) is 18.6. The number of rotatable bonds is 5. The van der Waals surface area contributed by atoms with Gasteiger partial charge in [0.2, 0.25) is 0 Å². The molecule has 0 amide bonds. The van der Waals surface area contributed by atoms with Crippen molar-refractivity contribution in [1.82, 2.24) is 0 Å². The molecule has 0 bridgehead atoms. The molecule has 1 fully saturated rings. The number of morpholine rings is 1. The molecule has 0 aromatic heterocycles. The highest BCUT2D eigenvalue weighted by molar-refractivity contribution is 5.65. The van der Waals surface area contributed by atoms with Gasteiger partial charge in [0.05, 0.1) is 18.1 Å². The van der Waals surface area contributed by atoms with Crippen molar-refractivity contribution in [2.24, 2.45) is 0 Å². The van der Waals surface area contributed by atoms with Crippen LogP contribution in [0, 0.1) is 10.1 Å². The fourth-order valence-electron chi connectivity index (χ4n) is 3.25. The number of benzene rings is 2. The molecule has 8 nitrogen and oxygen atoms in total. The van der Waals surface area contributed by atoms with Crippen LogP contribution in [0.15, 0.2) is 36.4 Å². The number of nitrogens with zero attached hydrogens (tertiary/aromatic N) is 2. The molecule has 1 saturated heterocycles. The van der Waals surface area contributed by atoms with Crippen LogP contribution in [0.5, 0.6) is 11.5 Å². The molecule has 2 aliphatic rings. The number of fused-ring (bicyclic) bond motifs is 1. The zero-order valence-corrected chi connectivity index (χ0v) is 14.8. The summed E-state index contributed by atoms with van der Waals surface area (Å²) in [5.74, 6) is 1.44. The Balaban J connectivity index is 1.49. The first-order valence-electron chi connectivity index (χ1n) is 8.94. The van der Waals surface area contributed by atoms with Crippen LogP contribution in [0.2, 0.25) is 0 Å². The van der Waals surface area contributed by atoms with E-state index in [1.807, 2.05) is 35.2 Å². The SMILES string of the molecule is O=[N+]([O-])c1cc(CNc2ccc3c(c2)OCCO3)ccc1N1CCOCC1. The van der Waals surface area contributed by atoms with Gasteiger partial charge in [-0.15, -0.1) is 0 Å². The molecule has 4 rings (SSSR count). The number of ether oxygens (including phenoxy) is 3. The highest BCUT2D eigenvalue weighted by Crippen LogP contribution is 2.33. The first-order valence-corrected chi connectivity index (χ1v) is 8.94. The van der Waals surface area contributed by atoms with E-state index in [0.717, 1.165) is 17.0 Å². The standard InChI is InChI=1S/C19H21N3O5/c23-22(24)17-11-14(1-3-16(17)21-5-7-25-8-6-21)13-20-15-2-4-18-19(12-15)27-10-9-26-18/h1-4,11-12,20H,5-10,13H2. The average molecular weight is 371 g/mol. The Morgan fingerprint density at radius 2 is 1.78 bits per heavy atom. The fraction of sp³-hybridized carbons (Fsp3) is 0.368. The van der Waals surface area contributed by atoms with E-state index in [0.29, 0.717) is 57.5 Å². The molecule has 27 heavy (non-hydrogen) atoms. The molecular formula is C19H21N3O5. The van der Waals surface area contributed by atoms with E-state index in [-0.39, 0.29) is 10.6 Å². The Labute approximate surface area is 156 Å². The maximum Gasteiger partial charge on any atom is 0.292 e. The van der Waals surface area contributed by atoms with Gasteiger partial charge in [0.15, 0.2) is 11.5 Å². The molecule has 2 heterocycles. The summed E-state index contributed by atoms with van der Waals surface area (Å²) in [6, 6.07) is 11.0. The van der Waals surface area contributed by atoms with Crippen LogP contribution in [0.4, 0.5) is 17.1 Å². The van der Waals surface area contributed by atoms with Crippen LogP contribution < -0.4 is 19.7 Å². The van der Waals surface area contributed by atoms with Gasteiger partial charge in [-0.3, -0.25) is 10.1 Å². The minimum Gasteiger partial charge on any atom is -0.486 e. The van der Waals surface area contributed by atoms with Gasteiger partial charge in [0.25, 0.3) is 5.69 Å².